The first-order chi connectivity index (χ1) is 3.87. The zero-order valence-corrected chi connectivity index (χ0v) is 5.56. The van der Waals surface area contributed by atoms with Gasteiger partial charge in [-0.25, -0.2) is 0 Å². The standard InChI is InChI=1S/C7H14N/c1-2-4-8-5-3-7(8)6-8/h7H,2-6H2,1H3/q+1. The number of fused-ring (bicyclic) bond motifs is 1. The molecule has 0 bridgehead atoms. The van der Waals surface area contributed by atoms with Gasteiger partial charge in [0.2, 0.25) is 0 Å². The fourth-order valence-corrected chi connectivity index (χ4v) is 2.06. The summed E-state index contributed by atoms with van der Waals surface area (Å²) >= 11 is 0. The van der Waals surface area contributed by atoms with Gasteiger partial charge in [-0.15, -0.1) is 0 Å². The predicted molar refractivity (Wildman–Crippen MR) is 33.6 cm³/mol. The van der Waals surface area contributed by atoms with Gasteiger partial charge >= 0.3 is 0 Å². The van der Waals surface area contributed by atoms with Gasteiger partial charge in [0.15, 0.2) is 0 Å². The van der Waals surface area contributed by atoms with Crippen LogP contribution in [0.5, 0.6) is 0 Å². The molecule has 2 unspecified atom stereocenters. The Morgan fingerprint density at radius 3 is 2.62 bits per heavy atom. The Morgan fingerprint density at radius 2 is 2.50 bits per heavy atom. The lowest BCUT2D eigenvalue weighted by Crippen LogP contribution is -2.39. The molecule has 46 valence electrons. The van der Waals surface area contributed by atoms with Crippen LogP contribution in [0.2, 0.25) is 0 Å². The monoisotopic (exact) mass is 112 g/mol. The third-order valence-electron chi connectivity index (χ3n) is 2.79. The average Bonchev–Trinajstić information content (AvgIpc) is 2.19. The highest BCUT2D eigenvalue weighted by molar-refractivity contribution is 4.83. The van der Waals surface area contributed by atoms with Gasteiger partial charge in [-0.2, -0.15) is 0 Å². The Morgan fingerprint density at radius 1 is 1.62 bits per heavy atom. The van der Waals surface area contributed by atoms with E-state index in [1.165, 1.54) is 37.0 Å². The lowest BCUT2D eigenvalue weighted by molar-refractivity contribution is -0.847. The largest absolute Gasteiger partial charge is 0.311 e. The number of rotatable bonds is 2. The van der Waals surface area contributed by atoms with Crippen LogP contribution in [0, 0.1) is 0 Å². The van der Waals surface area contributed by atoms with E-state index in [2.05, 4.69) is 6.92 Å². The molecule has 0 amide bonds. The quantitative estimate of drug-likeness (QED) is 0.369. The Bertz CT molecular complexity index is 107. The van der Waals surface area contributed by atoms with Crippen LogP contribution in [0.25, 0.3) is 0 Å². The normalized spacial score (nSPS) is 49.9. The minimum Gasteiger partial charge on any atom is -0.311 e. The van der Waals surface area contributed by atoms with Gasteiger partial charge in [-0.1, -0.05) is 6.92 Å². The molecule has 8 heavy (non-hydrogen) atoms. The maximum absolute atomic E-state index is 2.29. The zero-order chi connectivity index (χ0) is 5.61. The molecule has 2 atom stereocenters. The summed E-state index contributed by atoms with van der Waals surface area (Å²) in [5.41, 5.74) is 0. The third kappa shape index (κ3) is 0.408. The van der Waals surface area contributed by atoms with Crippen LogP contribution in [0.4, 0.5) is 0 Å². The molecule has 2 fully saturated rings. The molecular weight excluding hydrogens is 98.1 g/mol. The molecule has 0 spiro atoms. The molecule has 2 heterocycles. The van der Waals surface area contributed by atoms with Crippen molar-refractivity contribution in [3.63, 3.8) is 0 Å². The van der Waals surface area contributed by atoms with Crippen LogP contribution in [0.1, 0.15) is 19.8 Å². The Balaban J connectivity index is 1.89. The van der Waals surface area contributed by atoms with E-state index in [1.807, 2.05) is 0 Å². The van der Waals surface area contributed by atoms with Crippen LogP contribution in [-0.2, 0) is 0 Å². The van der Waals surface area contributed by atoms with E-state index in [0.717, 1.165) is 6.04 Å². The molecule has 2 aliphatic heterocycles. The highest BCUT2D eigenvalue weighted by Crippen LogP contribution is 2.43. The van der Waals surface area contributed by atoms with E-state index in [-0.39, 0.29) is 0 Å². The Hall–Kier alpha value is -0.0400. The summed E-state index contributed by atoms with van der Waals surface area (Å²) in [4.78, 5) is 0. The molecular formula is C7H14N+. The van der Waals surface area contributed by atoms with Gasteiger partial charge in [0, 0.05) is 0 Å². The molecule has 0 N–H and O–H groups in total. The molecule has 0 radical (unpaired) electrons. The van der Waals surface area contributed by atoms with Gasteiger partial charge < -0.3 is 4.48 Å². The van der Waals surface area contributed by atoms with Crippen molar-refractivity contribution in [1.82, 2.24) is 0 Å². The highest BCUT2D eigenvalue weighted by atomic mass is 15.5. The van der Waals surface area contributed by atoms with Crippen molar-refractivity contribution in [2.45, 2.75) is 25.8 Å². The average molecular weight is 112 g/mol. The van der Waals surface area contributed by atoms with Crippen LogP contribution in [0.3, 0.4) is 0 Å². The van der Waals surface area contributed by atoms with Crippen LogP contribution < -0.4 is 0 Å². The number of hydrogen-bond acceptors (Lipinski definition) is 0. The van der Waals surface area contributed by atoms with Gasteiger partial charge in [0.1, 0.15) is 12.6 Å². The van der Waals surface area contributed by atoms with E-state index < -0.39 is 0 Å². The topological polar surface area (TPSA) is 0 Å². The molecule has 0 aromatic rings. The van der Waals surface area contributed by atoms with Crippen molar-refractivity contribution in [2.75, 3.05) is 19.6 Å². The van der Waals surface area contributed by atoms with E-state index in [1.54, 1.807) is 0 Å². The van der Waals surface area contributed by atoms with Crippen molar-refractivity contribution in [1.29, 1.82) is 0 Å². The molecule has 2 rings (SSSR count). The lowest BCUT2D eigenvalue weighted by Gasteiger charge is -2.26. The number of quaternary nitrogens is 1. The zero-order valence-electron chi connectivity index (χ0n) is 5.56. The second-order valence-electron chi connectivity index (χ2n) is 3.29. The molecule has 0 aliphatic carbocycles. The Kier molecular flexibility index (Phi) is 0.762. The summed E-state index contributed by atoms with van der Waals surface area (Å²) in [5, 5.41) is 0. The van der Waals surface area contributed by atoms with Crippen LogP contribution in [0.15, 0.2) is 0 Å². The van der Waals surface area contributed by atoms with E-state index >= 15 is 0 Å². The minimum absolute atomic E-state index is 1.13. The van der Waals surface area contributed by atoms with E-state index in [0.29, 0.717) is 0 Å². The summed E-state index contributed by atoms with van der Waals surface area (Å²) in [6, 6.07) is 1.13. The molecule has 2 saturated heterocycles. The van der Waals surface area contributed by atoms with Crippen molar-refractivity contribution < 1.29 is 4.48 Å². The van der Waals surface area contributed by atoms with Crippen molar-refractivity contribution in [3.05, 3.63) is 0 Å². The van der Waals surface area contributed by atoms with E-state index in [4.69, 9.17) is 0 Å². The Labute approximate surface area is 50.9 Å². The lowest BCUT2D eigenvalue weighted by atomic mass is 10.2. The highest BCUT2D eigenvalue weighted by Gasteiger charge is 2.61. The number of nitrogens with zero attached hydrogens (tertiary/aromatic N) is 1. The second-order valence-corrected chi connectivity index (χ2v) is 3.29. The first-order valence-corrected chi connectivity index (χ1v) is 3.73. The maximum atomic E-state index is 2.29. The number of hydrogen-bond donors (Lipinski definition) is 0. The summed E-state index contributed by atoms with van der Waals surface area (Å²) < 4.78 is 1.51. The minimum atomic E-state index is 1.13. The molecule has 0 aromatic heterocycles. The summed E-state index contributed by atoms with van der Waals surface area (Å²) in [7, 11) is 0. The smallest absolute Gasteiger partial charge is 0.144 e. The van der Waals surface area contributed by atoms with Gasteiger partial charge in [0.25, 0.3) is 0 Å². The summed E-state index contributed by atoms with van der Waals surface area (Å²) in [6.07, 6.45) is 2.91. The molecule has 1 heteroatoms. The first-order valence-electron chi connectivity index (χ1n) is 3.73. The van der Waals surface area contributed by atoms with Crippen molar-refractivity contribution >= 4 is 0 Å². The predicted octanol–water partition coefficient (Wildman–Crippen LogP) is 0.999. The second kappa shape index (κ2) is 1.27. The SMILES string of the molecule is CCC[N+]12CCC1C2. The van der Waals surface area contributed by atoms with Gasteiger partial charge in [-0.3, -0.25) is 0 Å². The third-order valence-corrected chi connectivity index (χ3v) is 2.79. The first kappa shape index (κ1) is 4.80. The molecule has 2 aliphatic rings. The van der Waals surface area contributed by atoms with Gasteiger partial charge in [-0.05, 0) is 6.42 Å². The fraction of sp³-hybridized carbons (Fsp3) is 1.00. The summed E-state index contributed by atoms with van der Waals surface area (Å²) in [6.45, 7) is 6.78. The van der Waals surface area contributed by atoms with E-state index in [9.17, 15) is 0 Å². The van der Waals surface area contributed by atoms with Gasteiger partial charge in [0.05, 0.1) is 19.5 Å². The summed E-state index contributed by atoms with van der Waals surface area (Å²) in [5.74, 6) is 0. The molecule has 1 nitrogen and oxygen atoms in total. The van der Waals surface area contributed by atoms with Crippen LogP contribution >= 0.6 is 0 Å². The van der Waals surface area contributed by atoms with Crippen molar-refractivity contribution in [2.24, 2.45) is 0 Å². The molecule has 0 saturated carbocycles. The fourth-order valence-electron chi connectivity index (χ4n) is 2.06. The van der Waals surface area contributed by atoms with Crippen molar-refractivity contribution in [3.8, 4) is 0 Å². The van der Waals surface area contributed by atoms with Crippen LogP contribution in [-0.4, -0.2) is 30.2 Å². The molecule has 0 aromatic carbocycles. The maximum Gasteiger partial charge on any atom is 0.144 e.